The van der Waals surface area contributed by atoms with Gasteiger partial charge in [-0.2, -0.15) is 0 Å². The van der Waals surface area contributed by atoms with E-state index < -0.39 is 0 Å². The third kappa shape index (κ3) is 8.30. The van der Waals surface area contributed by atoms with Gasteiger partial charge in [0.2, 0.25) is 5.91 Å². The number of nitrogens with one attached hydrogen (secondary N) is 1. The summed E-state index contributed by atoms with van der Waals surface area (Å²) in [6.07, 6.45) is 10.7. The molecule has 0 aromatic heterocycles. The van der Waals surface area contributed by atoms with Gasteiger partial charge in [-0.25, -0.2) is 0 Å². The van der Waals surface area contributed by atoms with Crippen LogP contribution in [-0.2, 0) is 11.2 Å². The second-order valence-corrected chi connectivity index (χ2v) is 5.30. The quantitative estimate of drug-likeness (QED) is 0.434. The molecule has 0 fully saturated rings. The molecule has 0 aliphatic carbocycles. The highest BCUT2D eigenvalue weighted by molar-refractivity contribution is 5.87. The van der Waals surface area contributed by atoms with Gasteiger partial charge in [0.25, 0.3) is 0 Å². The number of hydrogen-bond donors (Lipinski definition) is 1. The SMILES string of the molecule is CC(C)CNC(=O)/C=C/C=C/CCCc1ccccc1. The zero-order valence-electron chi connectivity index (χ0n) is 12.5. The molecule has 0 aliphatic heterocycles. The van der Waals surface area contributed by atoms with Crippen LogP contribution >= 0.6 is 0 Å². The van der Waals surface area contributed by atoms with Gasteiger partial charge >= 0.3 is 0 Å². The summed E-state index contributed by atoms with van der Waals surface area (Å²) in [6.45, 7) is 4.89. The third-order valence-corrected chi connectivity index (χ3v) is 2.86. The van der Waals surface area contributed by atoms with Gasteiger partial charge in [0.1, 0.15) is 0 Å². The van der Waals surface area contributed by atoms with E-state index in [0.29, 0.717) is 5.92 Å². The highest BCUT2D eigenvalue weighted by Gasteiger charge is 1.95. The Kier molecular flexibility index (Phi) is 8.13. The zero-order chi connectivity index (χ0) is 14.6. The molecule has 1 aromatic carbocycles. The molecule has 0 bridgehead atoms. The molecule has 1 aromatic rings. The number of aryl methyl sites for hydroxylation is 1. The van der Waals surface area contributed by atoms with Crippen molar-refractivity contribution in [3.8, 4) is 0 Å². The molecular weight excluding hydrogens is 246 g/mol. The first-order chi connectivity index (χ1) is 9.68. The Morgan fingerprint density at radius 3 is 2.65 bits per heavy atom. The van der Waals surface area contributed by atoms with Gasteiger partial charge in [0, 0.05) is 12.6 Å². The predicted octanol–water partition coefficient (Wildman–Crippen LogP) is 3.89. The first kappa shape index (κ1) is 16.2. The molecule has 108 valence electrons. The number of allylic oxidation sites excluding steroid dienone is 3. The van der Waals surface area contributed by atoms with E-state index in [4.69, 9.17) is 0 Å². The van der Waals surface area contributed by atoms with Crippen LogP contribution < -0.4 is 5.32 Å². The Hall–Kier alpha value is -1.83. The highest BCUT2D eigenvalue weighted by atomic mass is 16.1. The fraction of sp³-hybridized carbons (Fsp3) is 0.389. The molecule has 0 radical (unpaired) electrons. The Labute approximate surface area is 122 Å². The van der Waals surface area contributed by atoms with Crippen molar-refractivity contribution in [2.24, 2.45) is 5.92 Å². The Balaban J connectivity index is 2.11. The minimum absolute atomic E-state index is 0.0207. The zero-order valence-corrected chi connectivity index (χ0v) is 12.5. The maximum atomic E-state index is 11.4. The highest BCUT2D eigenvalue weighted by Crippen LogP contribution is 2.04. The molecule has 0 aliphatic rings. The molecule has 0 spiro atoms. The van der Waals surface area contributed by atoms with Crippen LogP contribution in [0, 0.1) is 5.92 Å². The van der Waals surface area contributed by atoms with Crippen molar-refractivity contribution in [2.75, 3.05) is 6.54 Å². The van der Waals surface area contributed by atoms with Crippen molar-refractivity contribution in [3.63, 3.8) is 0 Å². The lowest BCUT2D eigenvalue weighted by atomic mass is 10.1. The van der Waals surface area contributed by atoms with Gasteiger partial charge in [-0.05, 0) is 30.7 Å². The van der Waals surface area contributed by atoms with Crippen LogP contribution in [0.25, 0.3) is 0 Å². The van der Waals surface area contributed by atoms with Gasteiger partial charge in [0.05, 0.1) is 0 Å². The van der Waals surface area contributed by atoms with E-state index in [1.54, 1.807) is 12.2 Å². The average molecular weight is 271 g/mol. The summed E-state index contributed by atoms with van der Waals surface area (Å²) in [6, 6.07) is 10.5. The summed E-state index contributed by atoms with van der Waals surface area (Å²) in [7, 11) is 0. The number of carbonyl (C=O) groups excluding carboxylic acids is 1. The molecule has 1 rings (SSSR count). The van der Waals surface area contributed by atoms with Gasteiger partial charge in [0.15, 0.2) is 0 Å². The first-order valence-electron chi connectivity index (χ1n) is 7.33. The topological polar surface area (TPSA) is 29.1 Å². The molecule has 0 unspecified atom stereocenters. The van der Waals surface area contributed by atoms with Crippen molar-refractivity contribution >= 4 is 5.91 Å². The maximum absolute atomic E-state index is 11.4. The predicted molar refractivity (Wildman–Crippen MR) is 85.5 cm³/mol. The summed E-state index contributed by atoms with van der Waals surface area (Å²) in [4.78, 5) is 11.4. The van der Waals surface area contributed by atoms with Crippen molar-refractivity contribution < 1.29 is 4.79 Å². The van der Waals surface area contributed by atoms with Crippen molar-refractivity contribution in [3.05, 3.63) is 60.2 Å². The lowest BCUT2D eigenvalue weighted by Crippen LogP contribution is -2.25. The first-order valence-corrected chi connectivity index (χ1v) is 7.33. The van der Waals surface area contributed by atoms with E-state index in [-0.39, 0.29) is 5.91 Å². The molecule has 20 heavy (non-hydrogen) atoms. The lowest BCUT2D eigenvalue weighted by Gasteiger charge is -2.03. The molecular formula is C18H25NO. The average Bonchev–Trinajstić information content (AvgIpc) is 2.45. The fourth-order valence-corrected chi connectivity index (χ4v) is 1.75. The van der Waals surface area contributed by atoms with Crippen molar-refractivity contribution in [2.45, 2.75) is 33.1 Å². The maximum Gasteiger partial charge on any atom is 0.243 e. The minimum atomic E-state index is -0.0207. The van der Waals surface area contributed by atoms with E-state index in [0.717, 1.165) is 25.8 Å². The fourth-order valence-electron chi connectivity index (χ4n) is 1.75. The van der Waals surface area contributed by atoms with Gasteiger partial charge in [-0.1, -0.05) is 62.4 Å². The molecule has 1 N–H and O–H groups in total. The molecule has 0 saturated heterocycles. The standard InChI is InChI=1S/C18H25NO/c1-16(2)15-19-18(20)14-10-5-3-4-7-11-17-12-8-6-9-13-17/h3,5-6,8-10,12-14,16H,4,7,11,15H2,1-2H3,(H,19,20)/b5-3+,14-10+. The van der Waals surface area contributed by atoms with Crippen LogP contribution in [0.5, 0.6) is 0 Å². The molecule has 1 amide bonds. The molecule has 0 saturated carbocycles. The van der Waals surface area contributed by atoms with Crippen LogP contribution in [-0.4, -0.2) is 12.5 Å². The van der Waals surface area contributed by atoms with Gasteiger partial charge in [-0.3, -0.25) is 4.79 Å². The summed E-state index contributed by atoms with van der Waals surface area (Å²) in [5.74, 6) is 0.466. The van der Waals surface area contributed by atoms with Crippen LogP contribution in [0.3, 0.4) is 0 Å². The summed E-state index contributed by atoms with van der Waals surface area (Å²) >= 11 is 0. The second kappa shape index (κ2) is 10.0. The van der Waals surface area contributed by atoms with Crippen molar-refractivity contribution in [1.29, 1.82) is 0 Å². The van der Waals surface area contributed by atoms with Gasteiger partial charge in [-0.15, -0.1) is 0 Å². The van der Waals surface area contributed by atoms with Crippen LogP contribution in [0.15, 0.2) is 54.6 Å². The summed E-state index contributed by atoms with van der Waals surface area (Å²) in [5.41, 5.74) is 1.38. The van der Waals surface area contributed by atoms with E-state index in [1.807, 2.05) is 12.1 Å². The number of carbonyl (C=O) groups is 1. The van der Waals surface area contributed by atoms with Crippen molar-refractivity contribution in [1.82, 2.24) is 5.32 Å². The lowest BCUT2D eigenvalue weighted by molar-refractivity contribution is -0.116. The Morgan fingerprint density at radius 2 is 1.95 bits per heavy atom. The Morgan fingerprint density at radius 1 is 1.20 bits per heavy atom. The van der Waals surface area contributed by atoms with Crippen LogP contribution in [0.1, 0.15) is 32.3 Å². The largest absolute Gasteiger partial charge is 0.352 e. The normalized spacial score (nSPS) is 11.6. The van der Waals surface area contributed by atoms with E-state index >= 15 is 0 Å². The second-order valence-electron chi connectivity index (χ2n) is 5.30. The molecule has 0 heterocycles. The number of unbranched alkanes of at least 4 members (excludes halogenated alkanes) is 1. The number of amides is 1. The number of benzene rings is 1. The molecule has 2 nitrogen and oxygen atoms in total. The minimum Gasteiger partial charge on any atom is -0.352 e. The van der Waals surface area contributed by atoms with Gasteiger partial charge < -0.3 is 5.32 Å². The Bertz CT molecular complexity index is 432. The van der Waals surface area contributed by atoms with E-state index in [1.165, 1.54) is 5.56 Å². The molecule has 2 heteroatoms. The smallest absolute Gasteiger partial charge is 0.243 e. The monoisotopic (exact) mass is 271 g/mol. The van der Waals surface area contributed by atoms with E-state index in [2.05, 4.69) is 49.5 Å². The number of rotatable bonds is 8. The number of hydrogen-bond acceptors (Lipinski definition) is 1. The van der Waals surface area contributed by atoms with Crippen LogP contribution in [0.2, 0.25) is 0 Å². The molecule has 0 atom stereocenters. The van der Waals surface area contributed by atoms with Crippen LogP contribution in [0.4, 0.5) is 0 Å². The third-order valence-electron chi connectivity index (χ3n) is 2.86. The summed E-state index contributed by atoms with van der Waals surface area (Å²) < 4.78 is 0. The van der Waals surface area contributed by atoms with E-state index in [9.17, 15) is 4.79 Å². The summed E-state index contributed by atoms with van der Waals surface area (Å²) in [5, 5.41) is 2.85.